The molecule has 0 aliphatic carbocycles. The predicted octanol–water partition coefficient (Wildman–Crippen LogP) is 2.56. The Morgan fingerprint density at radius 2 is 2.22 bits per heavy atom. The summed E-state index contributed by atoms with van der Waals surface area (Å²) >= 11 is 1.69. The van der Waals surface area contributed by atoms with E-state index < -0.39 is 0 Å². The van der Waals surface area contributed by atoms with Crippen LogP contribution in [0.2, 0.25) is 0 Å². The van der Waals surface area contributed by atoms with Crippen molar-refractivity contribution in [1.82, 2.24) is 14.8 Å². The molecule has 98 valence electrons. The lowest BCUT2D eigenvalue weighted by Gasteiger charge is -2.08. The van der Waals surface area contributed by atoms with E-state index in [4.69, 9.17) is 5.73 Å². The summed E-state index contributed by atoms with van der Waals surface area (Å²) in [4.78, 5) is 5.55. The Balaban J connectivity index is 2.12. The van der Waals surface area contributed by atoms with Crippen molar-refractivity contribution in [3.05, 3.63) is 21.8 Å². The van der Waals surface area contributed by atoms with Crippen molar-refractivity contribution in [2.24, 2.45) is 0 Å². The standard InChI is InChI=1S/C12H19N5S/c1-4-5-17-12(11(13)9(3)16-17)15-7-10-14-6-8(2)18-10/h6,15H,4-5,7,13H2,1-3H3. The zero-order valence-electron chi connectivity index (χ0n) is 11.0. The van der Waals surface area contributed by atoms with Crippen molar-refractivity contribution in [1.29, 1.82) is 0 Å². The fraction of sp³-hybridized carbons (Fsp3) is 0.500. The molecule has 0 bridgehead atoms. The van der Waals surface area contributed by atoms with Crippen LogP contribution in [0.5, 0.6) is 0 Å². The summed E-state index contributed by atoms with van der Waals surface area (Å²) in [5.41, 5.74) is 7.65. The Morgan fingerprint density at radius 3 is 2.83 bits per heavy atom. The highest BCUT2D eigenvalue weighted by Crippen LogP contribution is 2.23. The maximum Gasteiger partial charge on any atom is 0.148 e. The van der Waals surface area contributed by atoms with Crippen LogP contribution in [0.3, 0.4) is 0 Å². The molecule has 0 saturated heterocycles. The van der Waals surface area contributed by atoms with Crippen molar-refractivity contribution >= 4 is 22.8 Å². The Morgan fingerprint density at radius 1 is 1.44 bits per heavy atom. The van der Waals surface area contributed by atoms with E-state index in [0.29, 0.717) is 6.54 Å². The molecule has 0 atom stereocenters. The predicted molar refractivity (Wildman–Crippen MR) is 75.8 cm³/mol. The van der Waals surface area contributed by atoms with Gasteiger partial charge in [-0.15, -0.1) is 11.3 Å². The molecule has 2 aromatic rings. The highest BCUT2D eigenvalue weighted by Gasteiger charge is 2.12. The van der Waals surface area contributed by atoms with E-state index in [1.54, 1.807) is 11.3 Å². The van der Waals surface area contributed by atoms with Crippen LogP contribution in [0.4, 0.5) is 11.5 Å². The normalized spacial score (nSPS) is 10.8. The van der Waals surface area contributed by atoms with E-state index in [1.807, 2.05) is 17.8 Å². The third-order valence-electron chi connectivity index (χ3n) is 2.69. The second kappa shape index (κ2) is 5.39. The van der Waals surface area contributed by atoms with Gasteiger partial charge in [-0.3, -0.25) is 0 Å². The van der Waals surface area contributed by atoms with Crippen LogP contribution in [0.1, 0.15) is 28.9 Å². The first-order valence-corrected chi connectivity index (χ1v) is 6.91. The highest BCUT2D eigenvalue weighted by atomic mass is 32.1. The summed E-state index contributed by atoms with van der Waals surface area (Å²) in [5, 5.41) is 8.83. The van der Waals surface area contributed by atoms with E-state index >= 15 is 0 Å². The van der Waals surface area contributed by atoms with Gasteiger partial charge in [-0.2, -0.15) is 5.10 Å². The summed E-state index contributed by atoms with van der Waals surface area (Å²) in [5.74, 6) is 0.905. The average molecular weight is 265 g/mol. The van der Waals surface area contributed by atoms with Crippen LogP contribution in [-0.4, -0.2) is 14.8 Å². The largest absolute Gasteiger partial charge is 0.394 e. The Kier molecular flexibility index (Phi) is 3.86. The monoisotopic (exact) mass is 265 g/mol. The maximum absolute atomic E-state index is 6.04. The second-order valence-electron chi connectivity index (χ2n) is 4.29. The Hall–Kier alpha value is -1.56. The van der Waals surface area contributed by atoms with Crippen LogP contribution in [0, 0.1) is 13.8 Å². The zero-order valence-corrected chi connectivity index (χ0v) is 11.8. The minimum absolute atomic E-state index is 0.692. The van der Waals surface area contributed by atoms with Gasteiger partial charge in [0.05, 0.1) is 17.9 Å². The summed E-state index contributed by atoms with van der Waals surface area (Å²) in [6.07, 6.45) is 2.92. The third-order valence-corrected chi connectivity index (χ3v) is 3.60. The number of hydrogen-bond donors (Lipinski definition) is 2. The molecule has 6 heteroatoms. The molecule has 5 nitrogen and oxygen atoms in total. The van der Waals surface area contributed by atoms with E-state index in [-0.39, 0.29) is 0 Å². The van der Waals surface area contributed by atoms with Gasteiger partial charge in [0.2, 0.25) is 0 Å². The molecule has 2 rings (SSSR count). The number of rotatable bonds is 5. The number of anilines is 2. The molecule has 0 aliphatic rings. The fourth-order valence-corrected chi connectivity index (χ4v) is 2.52. The molecule has 2 aromatic heterocycles. The van der Waals surface area contributed by atoms with E-state index in [9.17, 15) is 0 Å². The smallest absolute Gasteiger partial charge is 0.148 e. The molecule has 0 fully saturated rings. The number of aromatic nitrogens is 3. The maximum atomic E-state index is 6.04. The number of thiazole rings is 1. The minimum atomic E-state index is 0.692. The van der Waals surface area contributed by atoms with E-state index in [0.717, 1.165) is 35.2 Å². The summed E-state index contributed by atoms with van der Waals surface area (Å²) in [6, 6.07) is 0. The lowest BCUT2D eigenvalue weighted by Crippen LogP contribution is -2.09. The first kappa shape index (κ1) is 12.9. The van der Waals surface area contributed by atoms with Crippen LogP contribution < -0.4 is 11.1 Å². The fourth-order valence-electron chi connectivity index (χ4n) is 1.80. The molecule has 3 N–H and O–H groups in total. The van der Waals surface area contributed by atoms with Crippen LogP contribution in [-0.2, 0) is 13.1 Å². The molecule has 0 spiro atoms. The summed E-state index contributed by atoms with van der Waals surface area (Å²) in [6.45, 7) is 7.68. The van der Waals surface area contributed by atoms with Gasteiger partial charge in [0.1, 0.15) is 10.8 Å². The number of nitrogen functional groups attached to an aromatic ring is 1. The van der Waals surface area contributed by atoms with Crippen molar-refractivity contribution in [3.63, 3.8) is 0 Å². The number of hydrogen-bond acceptors (Lipinski definition) is 5. The molecular weight excluding hydrogens is 246 g/mol. The molecule has 0 aromatic carbocycles. The lowest BCUT2D eigenvalue weighted by molar-refractivity contribution is 0.602. The molecule has 0 amide bonds. The summed E-state index contributed by atoms with van der Waals surface area (Å²) in [7, 11) is 0. The number of nitrogens with two attached hydrogens (primary N) is 1. The Labute approximate surface area is 111 Å². The SMILES string of the molecule is CCCn1nc(C)c(N)c1NCc1ncc(C)s1. The number of nitrogens with one attached hydrogen (secondary N) is 1. The van der Waals surface area contributed by atoms with Crippen LogP contribution >= 0.6 is 11.3 Å². The topological polar surface area (TPSA) is 68.8 Å². The van der Waals surface area contributed by atoms with Gasteiger partial charge in [-0.25, -0.2) is 9.67 Å². The number of aryl methyl sites for hydroxylation is 3. The minimum Gasteiger partial charge on any atom is -0.394 e. The van der Waals surface area contributed by atoms with Gasteiger partial charge >= 0.3 is 0 Å². The molecule has 0 radical (unpaired) electrons. The van der Waals surface area contributed by atoms with E-state index in [1.165, 1.54) is 4.88 Å². The van der Waals surface area contributed by atoms with Gasteiger partial charge in [0, 0.05) is 17.6 Å². The molecule has 2 heterocycles. The first-order chi connectivity index (χ1) is 8.61. The first-order valence-electron chi connectivity index (χ1n) is 6.10. The quantitative estimate of drug-likeness (QED) is 0.871. The van der Waals surface area contributed by atoms with Gasteiger partial charge in [-0.1, -0.05) is 6.92 Å². The highest BCUT2D eigenvalue weighted by molar-refractivity contribution is 7.11. The molecule has 0 aliphatic heterocycles. The zero-order chi connectivity index (χ0) is 13.1. The molecule has 0 saturated carbocycles. The molecule has 18 heavy (non-hydrogen) atoms. The number of nitrogens with zero attached hydrogens (tertiary/aromatic N) is 3. The van der Waals surface area contributed by atoms with Crippen LogP contribution in [0.25, 0.3) is 0 Å². The van der Waals surface area contributed by atoms with Crippen molar-refractivity contribution in [2.45, 2.75) is 40.3 Å². The third kappa shape index (κ3) is 2.64. The van der Waals surface area contributed by atoms with Gasteiger partial charge in [0.15, 0.2) is 0 Å². The van der Waals surface area contributed by atoms with E-state index in [2.05, 4.69) is 29.2 Å². The molecule has 0 unspecified atom stereocenters. The average Bonchev–Trinajstić information content (AvgIpc) is 2.84. The van der Waals surface area contributed by atoms with Crippen molar-refractivity contribution in [3.8, 4) is 0 Å². The van der Waals surface area contributed by atoms with Crippen LogP contribution in [0.15, 0.2) is 6.20 Å². The summed E-state index contributed by atoms with van der Waals surface area (Å²) < 4.78 is 1.94. The van der Waals surface area contributed by atoms with Crippen molar-refractivity contribution in [2.75, 3.05) is 11.1 Å². The van der Waals surface area contributed by atoms with Gasteiger partial charge < -0.3 is 11.1 Å². The lowest BCUT2D eigenvalue weighted by atomic mass is 10.4. The van der Waals surface area contributed by atoms with Crippen molar-refractivity contribution < 1.29 is 0 Å². The van der Waals surface area contributed by atoms with Gasteiger partial charge in [-0.05, 0) is 20.3 Å². The Bertz CT molecular complexity index is 529. The van der Waals surface area contributed by atoms with Gasteiger partial charge in [0.25, 0.3) is 0 Å². The second-order valence-corrected chi connectivity index (χ2v) is 5.61. The molecular formula is C12H19N5S.